The van der Waals surface area contributed by atoms with Gasteiger partial charge >= 0.3 is 0 Å². The van der Waals surface area contributed by atoms with Crippen molar-refractivity contribution in [2.24, 2.45) is 0 Å². The van der Waals surface area contributed by atoms with Gasteiger partial charge in [0.1, 0.15) is 6.29 Å². The summed E-state index contributed by atoms with van der Waals surface area (Å²) in [6.07, 6.45) is 1.89. The normalized spacial score (nSPS) is 12.4. The summed E-state index contributed by atoms with van der Waals surface area (Å²) in [6.45, 7) is 6.34. The van der Waals surface area contributed by atoms with Crippen LogP contribution in [0.15, 0.2) is 18.2 Å². The van der Waals surface area contributed by atoms with E-state index in [0.29, 0.717) is 5.56 Å². The van der Waals surface area contributed by atoms with Crippen molar-refractivity contribution in [1.82, 2.24) is 4.72 Å². The van der Waals surface area contributed by atoms with Crippen molar-refractivity contribution in [3.05, 3.63) is 34.9 Å². The van der Waals surface area contributed by atoms with E-state index in [9.17, 15) is 13.2 Å². The molecule has 0 radical (unpaired) electrons. The number of benzene rings is 1. The molecule has 0 aliphatic heterocycles. The SMILES string of the molecule is CC(C)(C)c1cc(C=O)cc(CNS(C)(=O)=O)c1. The Hall–Kier alpha value is -1.20. The molecule has 0 amide bonds. The molecule has 18 heavy (non-hydrogen) atoms. The van der Waals surface area contributed by atoms with Crippen LogP contribution < -0.4 is 4.72 Å². The van der Waals surface area contributed by atoms with Gasteiger partial charge in [0.25, 0.3) is 0 Å². The fraction of sp³-hybridized carbons (Fsp3) is 0.462. The second-order valence-electron chi connectivity index (χ2n) is 5.42. The number of rotatable bonds is 4. The highest BCUT2D eigenvalue weighted by Crippen LogP contribution is 2.24. The smallest absolute Gasteiger partial charge is 0.209 e. The highest BCUT2D eigenvalue weighted by Gasteiger charge is 2.15. The first-order valence-electron chi connectivity index (χ1n) is 5.66. The van der Waals surface area contributed by atoms with E-state index in [4.69, 9.17) is 0 Å². The van der Waals surface area contributed by atoms with Crippen LogP contribution in [0.3, 0.4) is 0 Å². The van der Waals surface area contributed by atoms with Crippen LogP contribution in [0.2, 0.25) is 0 Å². The highest BCUT2D eigenvalue weighted by atomic mass is 32.2. The number of carbonyl (C=O) groups excluding carboxylic acids is 1. The molecule has 0 unspecified atom stereocenters. The van der Waals surface area contributed by atoms with Gasteiger partial charge in [0.15, 0.2) is 0 Å². The second kappa shape index (κ2) is 5.20. The van der Waals surface area contributed by atoms with Crippen LogP contribution in [-0.4, -0.2) is 21.0 Å². The van der Waals surface area contributed by atoms with Crippen LogP contribution in [0.25, 0.3) is 0 Å². The molecule has 0 aromatic heterocycles. The summed E-state index contributed by atoms with van der Waals surface area (Å²) in [5.74, 6) is 0. The predicted octanol–water partition coefficient (Wildman–Crippen LogP) is 1.85. The number of nitrogens with one attached hydrogen (secondary N) is 1. The number of carbonyl (C=O) groups is 1. The van der Waals surface area contributed by atoms with Gasteiger partial charge in [-0.05, 0) is 28.7 Å². The first kappa shape index (κ1) is 14.9. The Labute approximate surface area is 108 Å². The molecule has 0 bridgehead atoms. The molecule has 1 aromatic rings. The van der Waals surface area contributed by atoms with Crippen molar-refractivity contribution in [2.45, 2.75) is 32.7 Å². The molecule has 0 atom stereocenters. The maximum Gasteiger partial charge on any atom is 0.209 e. The summed E-state index contributed by atoms with van der Waals surface area (Å²) in [7, 11) is -3.23. The monoisotopic (exact) mass is 269 g/mol. The van der Waals surface area contributed by atoms with Crippen molar-refractivity contribution in [2.75, 3.05) is 6.26 Å². The number of aldehydes is 1. The largest absolute Gasteiger partial charge is 0.298 e. The van der Waals surface area contributed by atoms with Gasteiger partial charge in [0.05, 0.1) is 6.26 Å². The maximum absolute atomic E-state index is 11.1. The molecular weight excluding hydrogens is 250 g/mol. The van der Waals surface area contributed by atoms with Crippen LogP contribution in [-0.2, 0) is 22.0 Å². The molecular formula is C13H19NO3S. The lowest BCUT2D eigenvalue weighted by atomic mass is 9.85. The van der Waals surface area contributed by atoms with E-state index in [1.54, 1.807) is 6.07 Å². The van der Waals surface area contributed by atoms with E-state index in [1.165, 1.54) is 0 Å². The molecule has 0 aliphatic rings. The van der Waals surface area contributed by atoms with E-state index in [2.05, 4.69) is 4.72 Å². The Morgan fingerprint density at radius 3 is 2.28 bits per heavy atom. The van der Waals surface area contributed by atoms with E-state index in [0.717, 1.165) is 23.7 Å². The zero-order valence-corrected chi connectivity index (χ0v) is 12.0. The second-order valence-corrected chi connectivity index (χ2v) is 7.26. The summed E-state index contributed by atoms with van der Waals surface area (Å²) in [4.78, 5) is 10.9. The van der Waals surface area contributed by atoms with E-state index in [-0.39, 0.29) is 12.0 Å². The van der Waals surface area contributed by atoms with Crippen molar-refractivity contribution in [3.63, 3.8) is 0 Å². The standard InChI is InChI=1S/C13H19NO3S/c1-13(2,3)12-6-10(5-11(7-12)9-15)8-14-18(4,16)17/h5-7,9,14H,8H2,1-4H3. The molecule has 1 N–H and O–H groups in total. The van der Waals surface area contributed by atoms with Crippen LogP contribution in [0.5, 0.6) is 0 Å². The van der Waals surface area contributed by atoms with Crippen molar-refractivity contribution in [1.29, 1.82) is 0 Å². The third-order valence-electron chi connectivity index (χ3n) is 2.56. The summed E-state index contributed by atoms with van der Waals surface area (Å²) >= 11 is 0. The van der Waals surface area contributed by atoms with Crippen LogP contribution in [0.1, 0.15) is 42.3 Å². The highest BCUT2D eigenvalue weighted by molar-refractivity contribution is 7.88. The Kier molecular flexibility index (Phi) is 4.29. The van der Waals surface area contributed by atoms with E-state index < -0.39 is 10.0 Å². The molecule has 0 saturated heterocycles. The van der Waals surface area contributed by atoms with E-state index in [1.807, 2.05) is 32.9 Å². The molecule has 0 spiro atoms. The first-order chi connectivity index (χ1) is 8.12. The molecule has 0 aliphatic carbocycles. The lowest BCUT2D eigenvalue weighted by molar-refractivity contribution is 0.112. The van der Waals surface area contributed by atoms with Crippen LogP contribution >= 0.6 is 0 Å². The maximum atomic E-state index is 11.1. The van der Waals surface area contributed by atoms with Gasteiger partial charge in [0, 0.05) is 12.1 Å². The van der Waals surface area contributed by atoms with Crippen LogP contribution in [0, 0.1) is 0 Å². The average molecular weight is 269 g/mol. The van der Waals surface area contributed by atoms with Gasteiger partial charge < -0.3 is 0 Å². The Balaban J connectivity index is 3.09. The van der Waals surface area contributed by atoms with E-state index >= 15 is 0 Å². The van der Waals surface area contributed by atoms with Gasteiger partial charge in [-0.15, -0.1) is 0 Å². The minimum Gasteiger partial charge on any atom is -0.298 e. The minimum absolute atomic E-state index is 0.0845. The predicted molar refractivity (Wildman–Crippen MR) is 72.2 cm³/mol. The quantitative estimate of drug-likeness (QED) is 0.848. The lowest BCUT2D eigenvalue weighted by Gasteiger charge is -2.20. The molecule has 4 nitrogen and oxygen atoms in total. The summed E-state index contributed by atoms with van der Waals surface area (Å²) in [5.41, 5.74) is 2.28. The summed E-state index contributed by atoms with van der Waals surface area (Å²) in [5, 5.41) is 0. The van der Waals surface area contributed by atoms with Crippen molar-refractivity contribution < 1.29 is 13.2 Å². The summed E-state index contributed by atoms with van der Waals surface area (Å²) in [6, 6.07) is 5.45. The minimum atomic E-state index is -3.23. The lowest BCUT2D eigenvalue weighted by Crippen LogP contribution is -2.22. The fourth-order valence-corrected chi connectivity index (χ4v) is 1.96. The topological polar surface area (TPSA) is 63.2 Å². The Morgan fingerprint density at radius 2 is 1.83 bits per heavy atom. The average Bonchev–Trinajstić information content (AvgIpc) is 2.24. The first-order valence-corrected chi connectivity index (χ1v) is 7.55. The third-order valence-corrected chi connectivity index (χ3v) is 3.22. The number of hydrogen-bond acceptors (Lipinski definition) is 3. The van der Waals surface area contributed by atoms with Crippen LogP contribution in [0.4, 0.5) is 0 Å². The van der Waals surface area contributed by atoms with Crippen molar-refractivity contribution >= 4 is 16.3 Å². The molecule has 0 saturated carbocycles. The summed E-state index contributed by atoms with van der Waals surface area (Å²) < 4.78 is 24.5. The molecule has 5 heteroatoms. The van der Waals surface area contributed by atoms with Gasteiger partial charge in [0.2, 0.25) is 10.0 Å². The molecule has 100 valence electrons. The fourth-order valence-electron chi connectivity index (χ4n) is 1.54. The van der Waals surface area contributed by atoms with Gasteiger partial charge in [-0.3, -0.25) is 4.79 Å². The molecule has 0 heterocycles. The molecule has 1 aromatic carbocycles. The molecule has 1 rings (SSSR count). The Morgan fingerprint density at radius 1 is 1.22 bits per heavy atom. The number of sulfonamides is 1. The van der Waals surface area contributed by atoms with Gasteiger partial charge in [-0.25, -0.2) is 13.1 Å². The Bertz CT molecular complexity index is 542. The third kappa shape index (κ3) is 4.58. The zero-order valence-electron chi connectivity index (χ0n) is 11.1. The molecule has 0 fully saturated rings. The van der Waals surface area contributed by atoms with Crippen molar-refractivity contribution in [3.8, 4) is 0 Å². The zero-order chi connectivity index (χ0) is 14.0. The van der Waals surface area contributed by atoms with Gasteiger partial charge in [-0.2, -0.15) is 0 Å². The number of hydrogen-bond donors (Lipinski definition) is 1. The van der Waals surface area contributed by atoms with Gasteiger partial charge in [-0.1, -0.05) is 26.8 Å².